The van der Waals surface area contributed by atoms with E-state index in [2.05, 4.69) is 43.0 Å². The zero-order valence-corrected chi connectivity index (χ0v) is 12.7. The first kappa shape index (κ1) is 15.7. The van der Waals surface area contributed by atoms with Crippen molar-refractivity contribution in [1.82, 2.24) is 9.97 Å². The first-order chi connectivity index (χ1) is 9.15. The summed E-state index contributed by atoms with van der Waals surface area (Å²) in [5.74, 6) is 3.08. The van der Waals surface area contributed by atoms with Crippen LogP contribution in [0.5, 0.6) is 5.88 Å². The molecule has 0 aliphatic carbocycles. The number of anilines is 1. The average Bonchev–Trinajstić information content (AvgIpc) is 2.36. The van der Waals surface area contributed by atoms with E-state index in [0.29, 0.717) is 18.4 Å². The Bertz CT molecular complexity index is 366. The number of hydrogen-bond donors (Lipinski definition) is 1. The van der Waals surface area contributed by atoms with E-state index in [1.165, 1.54) is 0 Å². The molecule has 0 fully saturated rings. The first-order valence-electron chi connectivity index (χ1n) is 7.40. The standard InChI is InChI=1S/C15H27N3O/c1-5-7-13-17-14(16-9-6-2)11-15(18-13)19-10-8-12(3)4/h11-12H,5-10H2,1-4H3,(H,16,17,18). The van der Waals surface area contributed by atoms with Gasteiger partial charge in [-0.3, -0.25) is 0 Å². The molecule has 0 radical (unpaired) electrons. The zero-order chi connectivity index (χ0) is 14.1. The molecule has 19 heavy (non-hydrogen) atoms. The van der Waals surface area contributed by atoms with E-state index >= 15 is 0 Å². The summed E-state index contributed by atoms with van der Waals surface area (Å²) in [7, 11) is 0. The molecule has 0 aromatic carbocycles. The van der Waals surface area contributed by atoms with Gasteiger partial charge in [0.2, 0.25) is 5.88 Å². The smallest absolute Gasteiger partial charge is 0.218 e. The Morgan fingerprint density at radius 3 is 2.63 bits per heavy atom. The Balaban J connectivity index is 2.68. The molecule has 4 nitrogen and oxygen atoms in total. The Kier molecular flexibility index (Phi) is 7.23. The van der Waals surface area contributed by atoms with Crippen LogP contribution in [-0.2, 0) is 6.42 Å². The predicted octanol–water partition coefficient (Wildman–Crippen LogP) is 3.68. The number of rotatable bonds is 9. The minimum absolute atomic E-state index is 0.648. The fourth-order valence-electron chi connectivity index (χ4n) is 1.62. The fraction of sp³-hybridized carbons (Fsp3) is 0.733. The van der Waals surface area contributed by atoms with Crippen molar-refractivity contribution in [2.24, 2.45) is 5.92 Å². The van der Waals surface area contributed by atoms with Crippen molar-refractivity contribution in [3.63, 3.8) is 0 Å². The number of aromatic nitrogens is 2. The maximum atomic E-state index is 5.73. The highest BCUT2D eigenvalue weighted by molar-refractivity contribution is 5.38. The molecule has 4 heteroatoms. The van der Waals surface area contributed by atoms with Gasteiger partial charge in [0, 0.05) is 19.0 Å². The van der Waals surface area contributed by atoms with E-state index in [0.717, 1.165) is 43.9 Å². The summed E-state index contributed by atoms with van der Waals surface area (Å²) < 4.78 is 5.73. The molecule has 0 aliphatic rings. The van der Waals surface area contributed by atoms with Gasteiger partial charge in [-0.25, -0.2) is 4.98 Å². The van der Waals surface area contributed by atoms with E-state index in [4.69, 9.17) is 4.74 Å². The van der Waals surface area contributed by atoms with Crippen LogP contribution in [0.1, 0.15) is 52.8 Å². The molecule has 108 valence electrons. The molecule has 1 aromatic heterocycles. The summed E-state index contributed by atoms with van der Waals surface area (Å²) in [5, 5.41) is 3.30. The van der Waals surface area contributed by atoms with Gasteiger partial charge in [-0.15, -0.1) is 0 Å². The third-order valence-corrected chi connectivity index (χ3v) is 2.72. The second-order valence-electron chi connectivity index (χ2n) is 5.22. The summed E-state index contributed by atoms with van der Waals surface area (Å²) >= 11 is 0. The quantitative estimate of drug-likeness (QED) is 0.740. The lowest BCUT2D eigenvalue weighted by Gasteiger charge is -2.11. The normalized spacial score (nSPS) is 10.8. The highest BCUT2D eigenvalue weighted by atomic mass is 16.5. The van der Waals surface area contributed by atoms with E-state index in [-0.39, 0.29) is 0 Å². The van der Waals surface area contributed by atoms with Crippen LogP contribution in [0, 0.1) is 5.92 Å². The molecule has 0 atom stereocenters. The summed E-state index contributed by atoms with van der Waals surface area (Å²) in [6, 6.07) is 1.90. The summed E-state index contributed by atoms with van der Waals surface area (Å²) in [6.45, 7) is 10.3. The molecule has 0 bridgehead atoms. The Labute approximate surface area is 117 Å². The Hall–Kier alpha value is -1.32. The molecule has 0 amide bonds. The molecule has 0 saturated heterocycles. The monoisotopic (exact) mass is 265 g/mol. The van der Waals surface area contributed by atoms with Crippen molar-refractivity contribution in [3.05, 3.63) is 11.9 Å². The number of ether oxygens (including phenoxy) is 1. The Morgan fingerprint density at radius 2 is 2.00 bits per heavy atom. The molecule has 0 spiro atoms. The van der Waals surface area contributed by atoms with Crippen molar-refractivity contribution in [2.75, 3.05) is 18.5 Å². The molecular formula is C15H27N3O. The van der Waals surface area contributed by atoms with Gasteiger partial charge < -0.3 is 10.1 Å². The summed E-state index contributed by atoms with van der Waals surface area (Å²) in [5.41, 5.74) is 0. The lowest BCUT2D eigenvalue weighted by molar-refractivity contribution is 0.278. The third-order valence-electron chi connectivity index (χ3n) is 2.72. The molecule has 1 N–H and O–H groups in total. The van der Waals surface area contributed by atoms with Gasteiger partial charge in [0.15, 0.2) is 0 Å². The van der Waals surface area contributed by atoms with Crippen molar-refractivity contribution in [2.45, 2.75) is 53.4 Å². The van der Waals surface area contributed by atoms with Gasteiger partial charge in [-0.05, 0) is 25.2 Å². The first-order valence-corrected chi connectivity index (χ1v) is 7.40. The topological polar surface area (TPSA) is 47.0 Å². The molecular weight excluding hydrogens is 238 g/mol. The van der Waals surface area contributed by atoms with Crippen LogP contribution < -0.4 is 10.1 Å². The Morgan fingerprint density at radius 1 is 1.21 bits per heavy atom. The average molecular weight is 265 g/mol. The lowest BCUT2D eigenvalue weighted by atomic mass is 10.1. The minimum atomic E-state index is 0.648. The number of hydrogen-bond acceptors (Lipinski definition) is 4. The molecule has 0 saturated carbocycles. The van der Waals surface area contributed by atoms with Gasteiger partial charge in [-0.1, -0.05) is 27.7 Å². The van der Waals surface area contributed by atoms with E-state index in [1.54, 1.807) is 0 Å². The number of nitrogens with zero attached hydrogens (tertiary/aromatic N) is 2. The molecule has 1 rings (SSSR count). The zero-order valence-electron chi connectivity index (χ0n) is 12.7. The molecule has 1 aromatic rings. The second-order valence-corrected chi connectivity index (χ2v) is 5.22. The van der Waals surface area contributed by atoms with E-state index < -0.39 is 0 Å². The van der Waals surface area contributed by atoms with Crippen LogP contribution in [0.15, 0.2) is 6.07 Å². The van der Waals surface area contributed by atoms with Crippen molar-refractivity contribution in [1.29, 1.82) is 0 Å². The lowest BCUT2D eigenvalue weighted by Crippen LogP contribution is -2.08. The summed E-state index contributed by atoms with van der Waals surface area (Å²) in [6.07, 6.45) is 4.06. The number of nitrogens with one attached hydrogen (secondary N) is 1. The fourth-order valence-corrected chi connectivity index (χ4v) is 1.62. The second kappa shape index (κ2) is 8.73. The van der Waals surface area contributed by atoms with Gasteiger partial charge >= 0.3 is 0 Å². The van der Waals surface area contributed by atoms with Gasteiger partial charge in [0.05, 0.1) is 6.61 Å². The highest BCUT2D eigenvalue weighted by Gasteiger charge is 2.05. The highest BCUT2D eigenvalue weighted by Crippen LogP contribution is 2.15. The third kappa shape index (κ3) is 6.41. The van der Waals surface area contributed by atoms with Crippen molar-refractivity contribution < 1.29 is 4.74 Å². The van der Waals surface area contributed by atoms with Crippen LogP contribution in [0.3, 0.4) is 0 Å². The van der Waals surface area contributed by atoms with Crippen LogP contribution in [0.2, 0.25) is 0 Å². The number of aryl methyl sites for hydroxylation is 1. The van der Waals surface area contributed by atoms with Crippen LogP contribution in [0.4, 0.5) is 5.82 Å². The van der Waals surface area contributed by atoms with E-state index in [1.807, 2.05) is 6.07 Å². The maximum Gasteiger partial charge on any atom is 0.218 e. The molecule has 0 aliphatic heterocycles. The molecule has 0 unspecified atom stereocenters. The SMILES string of the molecule is CCCNc1cc(OCCC(C)C)nc(CCC)n1. The minimum Gasteiger partial charge on any atom is -0.478 e. The largest absolute Gasteiger partial charge is 0.478 e. The maximum absolute atomic E-state index is 5.73. The van der Waals surface area contributed by atoms with Gasteiger partial charge in [0.25, 0.3) is 0 Å². The van der Waals surface area contributed by atoms with Crippen molar-refractivity contribution in [3.8, 4) is 5.88 Å². The van der Waals surface area contributed by atoms with Gasteiger partial charge in [-0.2, -0.15) is 4.98 Å². The van der Waals surface area contributed by atoms with Crippen molar-refractivity contribution >= 4 is 5.82 Å². The molecule has 1 heterocycles. The predicted molar refractivity (Wildman–Crippen MR) is 79.8 cm³/mol. The van der Waals surface area contributed by atoms with Crippen LogP contribution in [-0.4, -0.2) is 23.1 Å². The van der Waals surface area contributed by atoms with E-state index in [9.17, 15) is 0 Å². The summed E-state index contributed by atoms with van der Waals surface area (Å²) in [4.78, 5) is 8.96. The van der Waals surface area contributed by atoms with Gasteiger partial charge in [0.1, 0.15) is 11.6 Å². The van der Waals surface area contributed by atoms with Crippen LogP contribution >= 0.6 is 0 Å². The van der Waals surface area contributed by atoms with Crippen LogP contribution in [0.25, 0.3) is 0 Å².